The molecule has 2 heterocycles. The van der Waals surface area contributed by atoms with Crippen LogP contribution in [0.4, 0.5) is 0 Å². The Labute approximate surface area is 98.7 Å². The Balaban J connectivity index is 2.43. The second-order valence-electron chi connectivity index (χ2n) is 3.27. The van der Waals surface area contributed by atoms with Crippen LogP contribution in [0.1, 0.15) is 10.5 Å². The maximum absolute atomic E-state index is 10.8. The monoisotopic (exact) mass is 252 g/mol. The summed E-state index contributed by atoms with van der Waals surface area (Å²) in [5.74, 6) is -1.02. The van der Waals surface area contributed by atoms with Gasteiger partial charge < -0.3 is 5.11 Å². The predicted molar refractivity (Wildman–Crippen MR) is 62.5 cm³/mol. The molecule has 1 N–H and O–H groups in total. The van der Waals surface area contributed by atoms with Crippen molar-refractivity contribution >= 4 is 44.1 Å². The zero-order chi connectivity index (χ0) is 11.3. The fourth-order valence-corrected chi connectivity index (χ4v) is 2.89. The van der Waals surface area contributed by atoms with Crippen LogP contribution in [0.15, 0.2) is 24.4 Å². The van der Waals surface area contributed by atoms with Crippen molar-refractivity contribution in [2.24, 2.45) is 0 Å². The van der Waals surface area contributed by atoms with Crippen LogP contribution in [0, 0.1) is 0 Å². The number of thiazole rings is 1. The van der Waals surface area contributed by atoms with Crippen LogP contribution in [-0.2, 0) is 0 Å². The predicted octanol–water partition coefficient (Wildman–Crippen LogP) is 2.90. The topological polar surface area (TPSA) is 54.6 Å². The van der Waals surface area contributed by atoms with Gasteiger partial charge in [0.25, 0.3) is 0 Å². The van der Waals surface area contributed by atoms with E-state index in [1.165, 1.54) is 17.5 Å². The van der Waals surface area contributed by atoms with Crippen LogP contribution in [0.3, 0.4) is 0 Å². The number of aromatic carboxylic acids is 1. The van der Waals surface area contributed by atoms with Crippen LogP contribution < -0.4 is 0 Å². The molecular formula is C10H5ClN2O2S. The van der Waals surface area contributed by atoms with E-state index >= 15 is 0 Å². The third-order valence-electron chi connectivity index (χ3n) is 2.29. The van der Waals surface area contributed by atoms with Gasteiger partial charge in [0, 0.05) is 6.20 Å². The van der Waals surface area contributed by atoms with Gasteiger partial charge in [0.2, 0.25) is 0 Å². The number of aromatic nitrogens is 2. The quantitative estimate of drug-likeness (QED) is 0.725. The van der Waals surface area contributed by atoms with E-state index in [1.54, 1.807) is 10.5 Å². The first-order valence-electron chi connectivity index (χ1n) is 4.46. The molecule has 0 bridgehead atoms. The van der Waals surface area contributed by atoms with Gasteiger partial charge in [-0.2, -0.15) is 0 Å². The zero-order valence-corrected chi connectivity index (χ0v) is 9.42. The molecule has 0 aliphatic rings. The molecule has 3 aromatic rings. The molecule has 16 heavy (non-hydrogen) atoms. The van der Waals surface area contributed by atoms with Crippen molar-refractivity contribution in [1.82, 2.24) is 9.38 Å². The molecule has 80 valence electrons. The lowest BCUT2D eigenvalue weighted by Gasteiger charge is -1.92. The van der Waals surface area contributed by atoms with E-state index in [9.17, 15) is 4.79 Å². The molecule has 0 fully saturated rings. The highest BCUT2D eigenvalue weighted by atomic mass is 35.5. The Kier molecular flexibility index (Phi) is 1.92. The molecule has 0 amide bonds. The molecule has 0 atom stereocenters. The third-order valence-corrected chi connectivity index (χ3v) is 3.82. The number of benzene rings is 1. The number of hydrogen-bond donors (Lipinski definition) is 1. The number of rotatable bonds is 1. The minimum atomic E-state index is -1.02. The molecule has 0 spiro atoms. The molecule has 2 aromatic heterocycles. The van der Waals surface area contributed by atoms with Gasteiger partial charge in [0.1, 0.15) is 0 Å². The molecule has 0 radical (unpaired) electrons. The first-order chi connectivity index (χ1) is 7.66. The average molecular weight is 253 g/mol. The molecule has 0 aliphatic carbocycles. The van der Waals surface area contributed by atoms with E-state index in [4.69, 9.17) is 16.7 Å². The number of hydrogen-bond acceptors (Lipinski definition) is 3. The van der Waals surface area contributed by atoms with E-state index in [1.807, 2.05) is 12.1 Å². The largest absolute Gasteiger partial charge is 0.476 e. The van der Waals surface area contributed by atoms with Crippen LogP contribution in [0.5, 0.6) is 0 Å². The van der Waals surface area contributed by atoms with Gasteiger partial charge in [0.15, 0.2) is 10.7 Å². The average Bonchev–Trinajstić information content (AvgIpc) is 2.76. The summed E-state index contributed by atoms with van der Waals surface area (Å²) in [4.78, 5) is 15.4. The summed E-state index contributed by atoms with van der Waals surface area (Å²) in [6, 6.07) is 5.52. The highest BCUT2D eigenvalue weighted by Gasteiger charge is 2.13. The van der Waals surface area contributed by atoms with Gasteiger partial charge in [-0.1, -0.05) is 29.0 Å². The van der Waals surface area contributed by atoms with E-state index in [2.05, 4.69) is 4.98 Å². The van der Waals surface area contributed by atoms with Crippen LogP contribution in [0.2, 0.25) is 5.02 Å². The van der Waals surface area contributed by atoms with Crippen molar-refractivity contribution < 1.29 is 9.90 Å². The molecule has 4 nitrogen and oxygen atoms in total. The molecule has 0 saturated heterocycles. The molecule has 0 saturated carbocycles. The van der Waals surface area contributed by atoms with Gasteiger partial charge in [-0.25, -0.2) is 9.78 Å². The van der Waals surface area contributed by atoms with E-state index in [0.717, 1.165) is 10.2 Å². The summed E-state index contributed by atoms with van der Waals surface area (Å²) in [5, 5.41) is 9.49. The maximum Gasteiger partial charge on any atom is 0.356 e. The van der Waals surface area contributed by atoms with E-state index in [-0.39, 0.29) is 5.69 Å². The molecule has 0 unspecified atom stereocenters. The number of nitrogens with zero attached hydrogens (tertiary/aromatic N) is 2. The summed E-state index contributed by atoms with van der Waals surface area (Å²) in [5.41, 5.74) is 0.931. The summed E-state index contributed by atoms with van der Waals surface area (Å²) in [6.07, 6.45) is 1.51. The van der Waals surface area contributed by atoms with Crippen molar-refractivity contribution in [3.8, 4) is 0 Å². The normalized spacial score (nSPS) is 11.3. The molecule has 1 aromatic carbocycles. The summed E-state index contributed by atoms with van der Waals surface area (Å²) < 4.78 is 2.67. The Hall–Kier alpha value is -1.59. The van der Waals surface area contributed by atoms with Crippen LogP contribution in [0.25, 0.3) is 15.2 Å². The number of carboxylic acid groups (broad SMARTS) is 1. The standard InChI is InChI=1S/C10H5ClN2O2S/c11-5-2-1-3-7-8(5)16-10-12-6(9(14)15)4-13(7)10/h1-4H,(H,14,15). The lowest BCUT2D eigenvalue weighted by Crippen LogP contribution is -1.95. The van der Waals surface area contributed by atoms with Crippen molar-refractivity contribution in [1.29, 1.82) is 0 Å². The van der Waals surface area contributed by atoms with Gasteiger partial charge in [-0.3, -0.25) is 4.40 Å². The molecule has 3 rings (SSSR count). The van der Waals surface area contributed by atoms with Crippen LogP contribution in [-0.4, -0.2) is 20.5 Å². The van der Waals surface area contributed by atoms with E-state index in [0.29, 0.717) is 9.98 Å². The molecule has 6 heteroatoms. The first-order valence-corrected chi connectivity index (χ1v) is 5.65. The summed E-state index contributed by atoms with van der Waals surface area (Å²) >= 11 is 7.42. The summed E-state index contributed by atoms with van der Waals surface area (Å²) in [6.45, 7) is 0. The first kappa shape index (κ1) is 9.62. The highest BCUT2D eigenvalue weighted by Crippen LogP contribution is 2.31. The zero-order valence-electron chi connectivity index (χ0n) is 7.85. The van der Waals surface area contributed by atoms with Crippen molar-refractivity contribution in [3.63, 3.8) is 0 Å². The molecule has 0 aliphatic heterocycles. The SMILES string of the molecule is O=C(O)c1cn2c(n1)sc1c(Cl)cccc12. The van der Waals surface area contributed by atoms with Gasteiger partial charge in [-0.15, -0.1) is 0 Å². The van der Waals surface area contributed by atoms with Gasteiger partial charge >= 0.3 is 5.97 Å². The fourth-order valence-electron chi connectivity index (χ4n) is 1.59. The van der Waals surface area contributed by atoms with E-state index < -0.39 is 5.97 Å². The number of imidazole rings is 1. The van der Waals surface area contributed by atoms with Crippen molar-refractivity contribution in [2.75, 3.05) is 0 Å². The molecular weight excluding hydrogens is 248 g/mol. The lowest BCUT2D eigenvalue weighted by atomic mass is 10.3. The van der Waals surface area contributed by atoms with Gasteiger partial charge in [0.05, 0.1) is 15.2 Å². The Morgan fingerprint density at radius 2 is 2.31 bits per heavy atom. The highest BCUT2D eigenvalue weighted by molar-refractivity contribution is 7.24. The van der Waals surface area contributed by atoms with Crippen LogP contribution >= 0.6 is 22.9 Å². The maximum atomic E-state index is 10.8. The Morgan fingerprint density at radius 1 is 1.50 bits per heavy atom. The minimum absolute atomic E-state index is 0.0492. The minimum Gasteiger partial charge on any atom is -0.476 e. The number of fused-ring (bicyclic) bond motifs is 3. The number of halogens is 1. The number of carboxylic acids is 1. The van der Waals surface area contributed by atoms with Gasteiger partial charge in [-0.05, 0) is 12.1 Å². The Morgan fingerprint density at radius 3 is 3.06 bits per heavy atom. The second kappa shape index (κ2) is 3.20. The lowest BCUT2D eigenvalue weighted by molar-refractivity contribution is 0.0691. The third kappa shape index (κ3) is 1.22. The second-order valence-corrected chi connectivity index (χ2v) is 4.66. The smallest absolute Gasteiger partial charge is 0.356 e. The summed E-state index contributed by atoms with van der Waals surface area (Å²) in [7, 11) is 0. The van der Waals surface area contributed by atoms with Crippen molar-refractivity contribution in [3.05, 3.63) is 35.1 Å². The number of carbonyl (C=O) groups is 1. The van der Waals surface area contributed by atoms with Crippen molar-refractivity contribution in [2.45, 2.75) is 0 Å². The fraction of sp³-hybridized carbons (Fsp3) is 0. The Bertz CT molecular complexity index is 716.